The van der Waals surface area contributed by atoms with Crippen molar-refractivity contribution < 1.29 is 4.79 Å². The molecular formula is C19H20ClN3O. The van der Waals surface area contributed by atoms with E-state index in [0.29, 0.717) is 17.9 Å². The molecule has 1 heterocycles. The molecule has 124 valence electrons. The molecule has 0 unspecified atom stereocenters. The molecule has 24 heavy (non-hydrogen) atoms. The van der Waals surface area contributed by atoms with E-state index in [4.69, 9.17) is 11.6 Å². The smallest absolute Gasteiger partial charge is 0.224 e. The van der Waals surface area contributed by atoms with Gasteiger partial charge in [-0.15, -0.1) is 0 Å². The van der Waals surface area contributed by atoms with E-state index >= 15 is 0 Å². The summed E-state index contributed by atoms with van der Waals surface area (Å²) in [7, 11) is 0. The first-order valence-electron chi connectivity index (χ1n) is 8.14. The zero-order chi connectivity index (χ0) is 16.8. The van der Waals surface area contributed by atoms with Gasteiger partial charge in [-0.3, -0.25) is 9.79 Å². The Bertz CT molecular complexity index is 723. The van der Waals surface area contributed by atoms with Gasteiger partial charge in [-0.1, -0.05) is 23.7 Å². The number of amidine groups is 1. The normalized spacial score (nSPS) is 13.8. The molecule has 1 aliphatic heterocycles. The third kappa shape index (κ3) is 4.59. The second-order valence-corrected chi connectivity index (χ2v) is 6.20. The SMILES string of the molecule is O=C(CCc1ccc(Cl)cc1)Nc1ccc(C2=NCCCN2)cc1. The van der Waals surface area contributed by atoms with E-state index < -0.39 is 0 Å². The van der Waals surface area contributed by atoms with Crippen LogP contribution < -0.4 is 10.6 Å². The third-order valence-electron chi connectivity index (χ3n) is 3.89. The molecule has 0 fully saturated rings. The number of nitrogens with zero attached hydrogens (tertiary/aromatic N) is 1. The van der Waals surface area contributed by atoms with Crippen LogP contribution in [0.15, 0.2) is 53.5 Å². The first-order chi connectivity index (χ1) is 11.7. The van der Waals surface area contributed by atoms with Gasteiger partial charge in [0.1, 0.15) is 5.84 Å². The highest BCUT2D eigenvalue weighted by molar-refractivity contribution is 6.30. The number of amides is 1. The molecular weight excluding hydrogens is 322 g/mol. The van der Waals surface area contributed by atoms with E-state index in [-0.39, 0.29) is 5.91 Å². The van der Waals surface area contributed by atoms with Crippen LogP contribution in [0.2, 0.25) is 5.02 Å². The number of carbonyl (C=O) groups is 1. The molecule has 0 bridgehead atoms. The van der Waals surface area contributed by atoms with Crippen LogP contribution in [0.1, 0.15) is 24.0 Å². The quantitative estimate of drug-likeness (QED) is 0.872. The van der Waals surface area contributed by atoms with Gasteiger partial charge < -0.3 is 10.6 Å². The average Bonchev–Trinajstić information content (AvgIpc) is 2.63. The maximum absolute atomic E-state index is 12.1. The van der Waals surface area contributed by atoms with E-state index in [1.54, 1.807) is 0 Å². The summed E-state index contributed by atoms with van der Waals surface area (Å²) in [6.45, 7) is 1.83. The van der Waals surface area contributed by atoms with Gasteiger partial charge in [0, 0.05) is 35.8 Å². The van der Waals surface area contributed by atoms with Crippen LogP contribution in [-0.4, -0.2) is 24.8 Å². The Balaban J connectivity index is 1.52. The molecule has 2 aromatic rings. The lowest BCUT2D eigenvalue weighted by molar-refractivity contribution is -0.116. The maximum Gasteiger partial charge on any atom is 0.224 e. The molecule has 0 aliphatic carbocycles. The number of rotatable bonds is 5. The summed E-state index contributed by atoms with van der Waals surface area (Å²) in [6.07, 6.45) is 2.21. The van der Waals surface area contributed by atoms with E-state index in [2.05, 4.69) is 15.6 Å². The van der Waals surface area contributed by atoms with Crippen LogP contribution in [0, 0.1) is 0 Å². The van der Waals surface area contributed by atoms with Crippen molar-refractivity contribution in [3.8, 4) is 0 Å². The predicted octanol–water partition coefficient (Wildman–Crippen LogP) is 3.65. The van der Waals surface area contributed by atoms with Crippen molar-refractivity contribution in [2.24, 2.45) is 4.99 Å². The summed E-state index contributed by atoms with van der Waals surface area (Å²) >= 11 is 5.86. The Hall–Kier alpha value is -2.33. The molecule has 2 aromatic carbocycles. The first-order valence-corrected chi connectivity index (χ1v) is 8.51. The lowest BCUT2D eigenvalue weighted by atomic mass is 10.1. The highest BCUT2D eigenvalue weighted by Crippen LogP contribution is 2.13. The molecule has 0 aromatic heterocycles. The zero-order valence-corrected chi connectivity index (χ0v) is 14.1. The van der Waals surface area contributed by atoms with Gasteiger partial charge in [0.15, 0.2) is 0 Å². The summed E-state index contributed by atoms with van der Waals surface area (Å²) in [5.74, 6) is 0.938. The number of benzene rings is 2. The van der Waals surface area contributed by atoms with Gasteiger partial charge in [-0.05, 0) is 54.8 Å². The molecule has 0 saturated carbocycles. The minimum Gasteiger partial charge on any atom is -0.370 e. The molecule has 1 amide bonds. The Kier molecular flexibility index (Phi) is 5.49. The number of nitrogens with one attached hydrogen (secondary N) is 2. The lowest BCUT2D eigenvalue weighted by Crippen LogP contribution is -2.30. The summed E-state index contributed by atoms with van der Waals surface area (Å²) in [4.78, 5) is 16.5. The van der Waals surface area contributed by atoms with Crippen molar-refractivity contribution in [2.75, 3.05) is 18.4 Å². The fourth-order valence-electron chi connectivity index (χ4n) is 2.57. The third-order valence-corrected chi connectivity index (χ3v) is 4.15. The number of anilines is 1. The topological polar surface area (TPSA) is 53.5 Å². The largest absolute Gasteiger partial charge is 0.370 e. The molecule has 0 saturated heterocycles. The van der Waals surface area contributed by atoms with Crippen LogP contribution in [0.5, 0.6) is 0 Å². The lowest BCUT2D eigenvalue weighted by Gasteiger charge is -2.15. The summed E-state index contributed by atoms with van der Waals surface area (Å²) in [6, 6.07) is 15.4. The Morgan fingerprint density at radius 1 is 1.12 bits per heavy atom. The number of aliphatic imine (C=N–C) groups is 1. The van der Waals surface area contributed by atoms with Gasteiger partial charge in [0.2, 0.25) is 5.91 Å². The van der Waals surface area contributed by atoms with Crippen molar-refractivity contribution in [3.63, 3.8) is 0 Å². The molecule has 5 heteroatoms. The van der Waals surface area contributed by atoms with Gasteiger partial charge in [-0.2, -0.15) is 0 Å². The van der Waals surface area contributed by atoms with Gasteiger partial charge >= 0.3 is 0 Å². The van der Waals surface area contributed by atoms with Gasteiger partial charge in [-0.25, -0.2) is 0 Å². The Labute approximate surface area is 146 Å². The molecule has 0 radical (unpaired) electrons. The number of carbonyl (C=O) groups excluding carboxylic acids is 1. The molecule has 2 N–H and O–H groups in total. The van der Waals surface area contributed by atoms with Crippen LogP contribution in [-0.2, 0) is 11.2 Å². The zero-order valence-electron chi connectivity index (χ0n) is 13.4. The van der Waals surface area contributed by atoms with Crippen LogP contribution in [0.3, 0.4) is 0 Å². The molecule has 0 atom stereocenters. The van der Waals surface area contributed by atoms with Crippen LogP contribution >= 0.6 is 11.6 Å². The standard InChI is InChI=1S/C19H20ClN3O/c20-16-7-2-14(3-8-16)4-11-18(24)23-17-9-5-15(6-10-17)19-21-12-1-13-22-19/h2-3,5-10H,1,4,11-13H2,(H,21,22)(H,23,24). The highest BCUT2D eigenvalue weighted by atomic mass is 35.5. The minimum atomic E-state index is 0.00540. The number of aryl methyl sites for hydroxylation is 1. The van der Waals surface area contributed by atoms with Crippen molar-refractivity contribution in [2.45, 2.75) is 19.3 Å². The Morgan fingerprint density at radius 3 is 2.54 bits per heavy atom. The van der Waals surface area contributed by atoms with E-state index in [1.165, 1.54) is 0 Å². The van der Waals surface area contributed by atoms with Gasteiger partial charge in [0.05, 0.1) is 0 Å². The fraction of sp³-hybridized carbons (Fsp3) is 0.263. The number of hydrogen-bond acceptors (Lipinski definition) is 3. The predicted molar refractivity (Wildman–Crippen MR) is 98.9 cm³/mol. The van der Waals surface area contributed by atoms with E-state index in [1.807, 2.05) is 48.5 Å². The van der Waals surface area contributed by atoms with Crippen LogP contribution in [0.4, 0.5) is 5.69 Å². The molecule has 4 nitrogen and oxygen atoms in total. The molecule has 3 rings (SSSR count). The monoisotopic (exact) mass is 341 g/mol. The second-order valence-electron chi connectivity index (χ2n) is 5.76. The highest BCUT2D eigenvalue weighted by Gasteiger charge is 2.08. The van der Waals surface area contributed by atoms with E-state index in [0.717, 1.165) is 42.2 Å². The average molecular weight is 342 g/mol. The van der Waals surface area contributed by atoms with E-state index in [9.17, 15) is 4.79 Å². The summed E-state index contributed by atoms with van der Waals surface area (Å²) in [5, 5.41) is 6.93. The molecule has 0 spiro atoms. The van der Waals surface area contributed by atoms with Crippen LogP contribution in [0.25, 0.3) is 0 Å². The number of halogens is 1. The maximum atomic E-state index is 12.1. The second kappa shape index (κ2) is 7.97. The molecule has 1 aliphatic rings. The fourth-order valence-corrected chi connectivity index (χ4v) is 2.70. The first kappa shape index (κ1) is 16.5. The minimum absolute atomic E-state index is 0.00540. The van der Waals surface area contributed by atoms with Gasteiger partial charge in [0.25, 0.3) is 0 Å². The Morgan fingerprint density at radius 2 is 1.88 bits per heavy atom. The van der Waals surface area contributed by atoms with Crippen molar-refractivity contribution in [3.05, 3.63) is 64.7 Å². The number of hydrogen-bond donors (Lipinski definition) is 2. The van der Waals surface area contributed by atoms with Crippen molar-refractivity contribution in [1.82, 2.24) is 5.32 Å². The van der Waals surface area contributed by atoms with Crippen molar-refractivity contribution >= 4 is 29.0 Å². The summed E-state index contributed by atoms with van der Waals surface area (Å²) < 4.78 is 0. The van der Waals surface area contributed by atoms with Crippen molar-refractivity contribution in [1.29, 1.82) is 0 Å². The summed E-state index contributed by atoms with van der Waals surface area (Å²) in [5.41, 5.74) is 2.96.